The highest BCUT2D eigenvalue weighted by molar-refractivity contribution is 5.82. The van der Waals surface area contributed by atoms with Gasteiger partial charge in [-0.2, -0.15) is 0 Å². The van der Waals surface area contributed by atoms with Gasteiger partial charge in [-0.25, -0.2) is 15.0 Å². The first-order valence-electron chi connectivity index (χ1n) is 9.08. The van der Waals surface area contributed by atoms with E-state index in [1.807, 2.05) is 0 Å². The molecule has 0 saturated carbocycles. The molecule has 160 valence electrons. The number of methoxy groups -OCH3 is 1. The first-order chi connectivity index (χ1) is 14.5. The molecule has 3 heterocycles. The van der Waals surface area contributed by atoms with Gasteiger partial charge < -0.3 is 40.3 Å². The molecular weight excluding hydrogens is 398 g/mol. The van der Waals surface area contributed by atoms with E-state index in [0.29, 0.717) is 22.5 Å². The number of nitrogens with zero attached hydrogens (tertiary/aromatic N) is 4. The van der Waals surface area contributed by atoms with Crippen molar-refractivity contribution < 1.29 is 35.0 Å². The molecule has 0 amide bonds. The molecule has 3 aromatic rings. The van der Waals surface area contributed by atoms with Crippen LogP contribution in [0.5, 0.6) is 17.2 Å². The number of aromatic nitrogens is 4. The number of anilines is 1. The van der Waals surface area contributed by atoms with Crippen molar-refractivity contribution in [1.82, 2.24) is 19.5 Å². The Morgan fingerprint density at radius 1 is 1.17 bits per heavy atom. The Labute approximate surface area is 170 Å². The van der Waals surface area contributed by atoms with Crippen molar-refractivity contribution in [3.63, 3.8) is 0 Å². The summed E-state index contributed by atoms with van der Waals surface area (Å²) < 4.78 is 12.0. The maximum Gasteiger partial charge on any atom is 0.203 e. The zero-order chi connectivity index (χ0) is 21.4. The Bertz CT molecular complexity index is 1060. The summed E-state index contributed by atoms with van der Waals surface area (Å²) in [7, 11) is 1.34. The average molecular weight is 419 g/mol. The number of phenolic OH excluding ortho intramolecular Hbond substituents is 2. The van der Waals surface area contributed by atoms with E-state index in [0.717, 1.165) is 0 Å². The molecule has 0 radical (unpaired) electrons. The highest BCUT2D eigenvalue weighted by Gasteiger charge is 2.44. The minimum atomic E-state index is -1.27. The SMILES string of the molecule is COc1c(O)ccc(CNc2ncnc3c2ncn3C2O[C@H](CO)[C@@H](O)[C@H]2O)c1O. The van der Waals surface area contributed by atoms with Crippen molar-refractivity contribution in [2.24, 2.45) is 0 Å². The largest absolute Gasteiger partial charge is 0.504 e. The number of fused-ring (bicyclic) bond motifs is 1. The van der Waals surface area contributed by atoms with Crippen LogP contribution in [0.25, 0.3) is 11.2 Å². The highest BCUT2D eigenvalue weighted by atomic mass is 16.6. The molecule has 4 rings (SSSR count). The predicted octanol–water partition coefficient (Wildman–Crippen LogP) is -0.530. The Morgan fingerprint density at radius 3 is 2.67 bits per heavy atom. The monoisotopic (exact) mass is 419 g/mol. The predicted molar refractivity (Wildman–Crippen MR) is 102 cm³/mol. The summed E-state index contributed by atoms with van der Waals surface area (Å²) in [5, 5.41) is 52.5. The second-order valence-electron chi connectivity index (χ2n) is 6.75. The summed E-state index contributed by atoms with van der Waals surface area (Å²) in [6, 6.07) is 2.94. The lowest BCUT2D eigenvalue weighted by atomic mass is 10.1. The fourth-order valence-corrected chi connectivity index (χ4v) is 3.40. The van der Waals surface area contributed by atoms with Crippen LogP contribution < -0.4 is 10.1 Å². The van der Waals surface area contributed by atoms with Gasteiger partial charge in [0, 0.05) is 12.1 Å². The molecule has 2 aromatic heterocycles. The second kappa shape index (κ2) is 7.91. The highest BCUT2D eigenvalue weighted by Crippen LogP contribution is 2.38. The van der Waals surface area contributed by atoms with E-state index in [4.69, 9.17) is 9.47 Å². The van der Waals surface area contributed by atoms with Gasteiger partial charge in [0.15, 0.2) is 34.7 Å². The fourth-order valence-electron chi connectivity index (χ4n) is 3.40. The third-order valence-corrected chi connectivity index (χ3v) is 4.99. The summed E-state index contributed by atoms with van der Waals surface area (Å²) in [5.41, 5.74) is 1.18. The van der Waals surface area contributed by atoms with Gasteiger partial charge in [0.05, 0.1) is 20.0 Å². The molecule has 12 nitrogen and oxygen atoms in total. The Balaban J connectivity index is 1.60. The van der Waals surface area contributed by atoms with Crippen LogP contribution in [0.2, 0.25) is 0 Å². The number of nitrogens with one attached hydrogen (secondary N) is 1. The molecule has 12 heteroatoms. The number of aromatic hydroxyl groups is 2. The van der Waals surface area contributed by atoms with Crippen LogP contribution in [-0.4, -0.2) is 77.1 Å². The molecule has 1 aliphatic rings. The standard InChI is InChI=1S/C18H21N5O7/c1-29-15-9(25)3-2-8(12(15)26)4-19-16-11-17(21-6-20-16)23(7-22-11)18-14(28)13(27)10(5-24)30-18/h2-3,6-7,10,13-14,18,24-28H,4-5H2,1H3,(H,19,20,21)/t10-,13-,14-,18?/m1/s1. The van der Waals surface area contributed by atoms with Crippen LogP contribution in [0.3, 0.4) is 0 Å². The summed E-state index contributed by atoms with van der Waals surface area (Å²) in [6.07, 6.45) is -1.73. The molecule has 0 spiro atoms. The number of ether oxygens (including phenoxy) is 2. The molecule has 0 aliphatic carbocycles. The third kappa shape index (κ3) is 3.25. The maximum atomic E-state index is 10.3. The van der Waals surface area contributed by atoms with Crippen LogP contribution in [0, 0.1) is 0 Å². The summed E-state index contributed by atoms with van der Waals surface area (Å²) in [6.45, 7) is -0.294. The number of phenols is 2. The van der Waals surface area contributed by atoms with Crippen LogP contribution in [0.15, 0.2) is 24.8 Å². The van der Waals surface area contributed by atoms with E-state index in [1.165, 1.54) is 36.5 Å². The van der Waals surface area contributed by atoms with Crippen molar-refractivity contribution in [1.29, 1.82) is 0 Å². The van der Waals surface area contributed by atoms with E-state index in [9.17, 15) is 25.5 Å². The number of hydrogen-bond acceptors (Lipinski definition) is 11. The first-order valence-corrected chi connectivity index (χ1v) is 9.08. The topological polar surface area (TPSA) is 175 Å². The van der Waals surface area contributed by atoms with Gasteiger partial charge in [-0.05, 0) is 12.1 Å². The van der Waals surface area contributed by atoms with Crippen LogP contribution in [-0.2, 0) is 11.3 Å². The van der Waals surface area contributed by atoms with E-state index in [-0.39, 0.29) is 23.8 Å². The molecule has 1 fully saturated rings. The lowest BCUT2D eigenvalue weighted by molar-refractivity contribution is -0.0511. The van der Waals surface area contributed by atoms with Crippen molar-refractivity contribution in [3.8, 4) is 17.2 Å². The van der Waals surface area contributed by atoms with E-state index in [1.54, 1.807) is 0 Å². The van der Waals surface area contributed by atoms with Gasteiger partial charge >= 0.3 is 0 Å². The van der Waals surface area contributed by atoms with Crippen LogP contribution in [0.1, 0.15) is 11.8 Å². The second-order valence-corrected chi connectivity index (χ2v) is 6.75. The Hall–Kier alpha value is -3.19. The molecule has 4 atom stereocenters. The number of aliphatic hydroxyl groups excluding tert-OH is 3. The zero-order valence-electron chi connectivity index (χ0n) is 15.9. The molecule has 0 bridgehead atoms. The smallest absolute Gasteiger partial charge is 0.203 e. The molecular formula is C18H21N5O7. The zero-order valence-corrected chi connectivity index (χ0v) is 15.9. The van der Waals surface area contributed by atoms with E-state index < -0.39 is 31.1 Å². The number of rotatable bonds is 6. The lowest BCUT2D eigenvalue weighted by Crippen LogP contribution is -2.33. The molecule has 1 aromatic carbocycles. The minimum Gasteiger partial charge on any atom is -0.504 e. The summed E-state index contributed by atoms with van der Waals surface area (Å²) in [5.74, 6) is -0.0551. The van der Waals surface area contributed by atoms with Crippen molar-refractivity contribution >= 4 is 17.0 Å². The normalized spacial score (nSPS) is 23.7. The Morgan fingerprint density at radius 2 is 1.97 bits per heavy atom. The third-order valence-electron chi connectivity index (χ3n) is 4.99. The average Bonchev–Trinajstić information content (AvgIpc) is 3.29. The lowest BCUT2D eigenvalue weighted by Gasteiger charge is -2.16. The molecule has 30 heavy (non-hydrogen) atoms. The van der Waals surface area contributed by atoms with E-state index in [2.05, 4.69) is 20.3 Å². The number of benzene rings is 1. The van der Waals surface area contributed by atoms with Gasteiger partial charge in [-0.15, -0.1) is 0 Å². The van der Waals surface area contributed by atoms with Crippen LogP contribution in [0.4, 0.5) is 5.82 Å². The van der Waals surface area contributed by atoms with Gasteiger partial charge in [-0.1, -0.05) is 0 Å². The summed E-state index contributed by atoms with van der Waals surface area (Å²) in [4.78, 5) is 12.6. The van der Waals surface area contributed by atoms with Gasteiger partial charge in [0.25, 0.3) is 0 Å². The van der Waals surface area contributed by atoms with E-state index >= 15 is 0 Å². The van der Waals surface area contributed by atoms with Crippen molar-refractivity contribution in [3.05, 3.63) is 30.4 Å². The molecule has 6 N–H and O–H groups in total. The van der Waals surface area contributed by atoms with Crippen LogP contribution >= 0.6 is 0 Å². The minimum absolute atomic E-state index is 0.0317. The van der Waals surface area contributed by atoms with Crippen molar-refractivity contribution in [2.45, 2.75) is 31.1 Å². The summed E-state index contributed by atoms with van der Waals surface area (Å²) >= 11 is 0. The van der Waals surface area contributed by atoms with Crippen molar-refractivity contribution in [2.75, 3.05) is 19.0 Å². The maximum absolute atomic E-state index is 10.3. The fraction of sp³-hybridized carbons (Fsp3) is 0.389. The Kier molecular flexibility index (Phi) is 5.30. The number of aliphatic hydroxyl groups is 3. The first kappa shape index (κ1) is 20.1. The quantitative estimate of drug-likeness (QED) is 0.303. The molecule has 1 unspecified atom stereocenters. The van der Waals surface area contributed by atoms with Gasteiger partial charge in [0.2, 0.25) is 5.75 Å². The van der Waals surface area contributed by atoms with Gasteiger partial charge in [-0.3, -0.25) is 4.57 Å². The number of hydrogen-bond donors (Lipinski definition) is 6. The number of imidazole rings is 1. The van der Waals surface area contributed by atoms with Gasteiger partial charge in [0.1, 0.15) is 24.6 Å². The molecule has 1 aliphatic heterocycles. The molecule has 1 saturated heterocycles.